The third-order valence-electron chi connectivity index (χ3n) is 5.09. The Kier molecular flexibility index (Phi) is 5.85. The highest BCUT2D eigenvalue weighted by atomic mass is 32.1. The summed E-state index contributed by atoms with van der Waals surface area (Å²) < 4.78 is 13.1. The number of hydrogen-bond acceptors (Lipinski definition) is 5. The lowest BCUT2D eigenvalue weighted by molar-refractivity contribution is -0.121. The Bertz CT molecular complexity index is 1050. The van der Waals surface area contributed by atoms with Crippen LogP contribution in [0.2, 0.25) is 0 Å². The second-order valence-electron chi connectivity index (χ2n) is 7.23. The fourth-order valence-electron chi connectivity index (χ4n) is 3.54. The minimum absolute atomic E-state index is 0.145. The zero-order valence-corrected chi connectivity index (χ0v) is 17.3. The molecular weight excluding hydrogens is 403 g/mol. The van der Waals surface area contributed by atoms with Crippen LogP contribution in [0.3, 0.4) is 0 Å². The van der Waals surface area contributed by atoms with Crippen molar-refractivity contribution in [2.24, 2.45) is 5.92 Å². The summed E-state index contributed by atoms with van der Waals surface area (Å²) in [7, 11) is 0. The Hall–Kier alpha value is -3.13. The van der Waals surface area contributed by atoms with E-state index in [1.54, 1.807) is 11.1 Å². The minimum Gasteiger partial charge on any atom is -0.338 e. The molecule has 1 atom stereocenters. The van der Waals surface area contributed by atoms with E-state index >= 15 is 0 Å². The van der Waals surface area contributed by atoms with E-state index in [0.29, 0.717) is 30.2 Å². The first kappa shape index (κ1) is 20.2. The average Bonchev–Trinajstić information content (AvgIpc) is 3.14. The van der Waals surface area contributed by atoms with E-state index in [9.17, 15) is 14.0 Å². The van der Waals surface area contributed by atoms with Gasteiger partial charge < -0.3 is 10.2 Å². The minimum atomic E-state index is -0.383. The maximum Gasteiger partial charge on any atom is 0.253 e. The van der Waals surface area contributed by atoms with Crippen molar-refractivity contribution in [1.82, 2.24) is 14.9 Å². The van der Waals surface area contributed by atoms with Crippen LogP contribution in [0, 0.1) is 18.7 Å². The smallest absolute Gasteiger partial charge is 0.253 e. The van der Waals surface area contributed by atoms with Gasteiger partial charge in [0.25, 0.3) is 5.91 Å². The molecule has 0 bridgehead atoms. The molecule has 0 spiro atoms. The van der Waals surface area contributed by atoms with Crippen LogP contribution in [0.15, 0.2) is 48.7 Å². The molecular formula is C22H21FN4O2S. The molecule has 2 amide bonds. The summed E-state index contributed by atoms with van der Waals surface area (Å²) in [5.41, 5.74) is 2.06. The Balaban J connectivity index is 1.42. The van der Waals surface area contributed by atoms with Gasteiger partial charge in [0.1, 0.15) is 5.82 Å². The molecule has 1 aromatic carbocycles. The second kappa shape index (κ2) is 8.71. The molecule has 0 saturated carbocycles. The van der Waals surface area contributed by atoms with Crippen molar-refractivity contribution < 1.29 is 14.0 Å². The van der Waals surface area contributed by atoms with Gasteiger partial charge >= 0.3 is 0 Å². The van der Waals surface area contributed by atoms with Crippen molar-refractivity contribution in [1.29, 1.82) is 0 Å². The first-order valence-electron chi connectivity index (χ1n) is 9.76. The number of nitrogens with one attached hydrogen (secondary N) is 1. The number of aryl methyl sites for hydroxylation is 1. The average molecular weight is 425 g/mol. The van der Waals surface area contributed by atoms with Gasteiger partial charge in [-0.15, -0.1) is 0 Å². The molecule has 30 heavy (non-hydrogen) atoms. The monoisotopic (exact) mass is 424 g/mol. The lowest BCUT2D eigenvalue weighted by Crippen LogP contribution is -2.43. The number of aromatic nitrogens is 2. The number of likely N-dealkylation sites (tertiary alicyclic amines) is 1. The molecule has 1 aliphatic rings. The van der Waals surface area contributed by atoms with E-state index in [-0.39, 0.29) is 23.5 Å². The van der Waals surface area contributed by atoms with Crippen LogP contribution in [-0.4, -0.2) is 39.8 Å². The van der Waals surface area contributed by atoms with Gasteiger partial charge in [-0.25, -0.2) is 9.37 Å². The maximum atomic E-state index is 13.1. The largest absolute Gasteiger partial charge is 0.338 e. The van der Waals surface area contributed by atoms with Crippen molar-refractivity contribution in [3.05, 3.63) is 65.7 Å². The number of hydrogen-bond donors (Lipinski definition) is 1. The van der Waals surface area contributed by atoms with Gasteiger partial charge in [0.15, 0.2) is 5.13 Å². The number of piperidine rings is 1. The second-order valence-corrected chi connectivity index (χ2v) is 8.23. The van der Waals surface area contributed by atoms with Gasteiger partial charge in [-0.3, -0.25) is 14.6 Å². The molecule has 3 heterocycles. The van der Waals surface area contributed by atoms with Gasteiger partial charge in [-0.2, -0.15) is 0 Å². The molecule has 3 aromatic rings. The lowest BCUT2D eigenvalue weighted by atomic mass is 9.96. The van der Waals surface area contributed by atoms with Crippen LogP contribution in [-0.2, 0) is 4.79 Å². The summed E-state index contributed by atoms with van der Waals surface area (Å²) in [6.45, 7) is 2.81. The molecule has 154 valence electrons. The van der Waals surface area contributed by atoms with Crippen LogP contribution in [0.5, 0.6) is 0 Å². The number of carbonyl (C=O) groups is 2. The molecule has 1 N–H and O–H groups in total. The first-order valence-corrected chi connectivity index (χ1v) is 10.6. The van der Waals surface area contributed by atoms with Crippen molar-refractivity contribution in [2.75, 3.05) is 18.4 Å². The normalized spacial score (nSPS) is 16.3. The number of thiazole rings is 1. The van der Waals surface area contributed by atoms with E-state index in [1.807, 2.05) is 25.1 Å². The Morgan fingerprint density at radius 1 is 1.20 bits per heavy atom. The van der Waals surface area contributed by atoms with Crippen LogP contribution in [0.25, 0.3) is 10.6 Å². The highest BCUT2D eigenvalue weighted by Gasteiger charge is 2.29. The topological polar surface area (TPSA) is 75.2 Å². The Morgan fingerprint density at radius 2 is 2.00 bits per heavy atom. The maximum absolute atomic E-state index is 13.1. The van der Waals surface area contributed by atoms with E-state index in [2.05, 4.69) is 15.3 Å². The molecule has 0 radical (unpaired) electrons. The third kappa shape index (κ3) is 4.38. The Labute approximate surface area is 177 Å². The summed E-state index contributed by atoms with van der Waals surface area (Å²) in [5, 5.41) is 3.43. The van der Waals surface area contributed by atoms with Crippen LogP contribution < -0.4 is 5.32 Å². The summed E-state index contributed by atoms with van der Waals surface area (Å²) in [5.74, 6) is -1.03. The van der Waals surface area contributed by atoms with E-state index in [0.717, 1.165) is 22.7 Å². The van der Waals surface area contributed by atoms with Crippen LogP contribution >= 0.6 is 11.3 Å². The quantitative estimate of drug-likeness (QED) is 0.683. The van der Waals surface area contributed by atoms with E-state index in [4.69, 9.17) is 0 Å². The summed E-state index contributed by atoms with van der Waals surface area (Å²) in [6.07, 6.45) is 3.17. The number of benzene rings is 1. The molecule has 1 saturated heterocycles. The number of amides is 2. The van der Waals surface area contributed by atoms with Gasteiger partial charge in [0, 0.05) is 24.8 Å². The third-order valence-corrected chi connectivity index (χ3v) is 6.19. The SMILES string of the molecule is Cc1nc(NC(=O)C2CCCN(C(=O)c3ccc(F)cc3)C2)sc1-c1ccccn1. The predicted molar refractivity (Wildman–Crippen MR) is 114 cm³/mol. The van der Waals surface area contributed by atoms with Crippen molar-refractivity contribution >= 4 is 28.3 Å². The number of halogens is 1. The summed E-state index contributed by atoms with van der Waals surface area (Å²) >= 11 is 1.39. The van der Waals surface area contributed by atoms with Crippen LogP contribution in [0.4, 0.5) is 9.52 Å². The van der Waals surface area contributed by atoms with Gasteiger partial charge in [0.05, 0.1) is 22.2 Å². The first-order chi connectivity index (χ1) is 14.5. The number of rotatable bonds is 4. The van der Waals surface area contributed by atoms with Crippen molar-refractivity contribution in [3.63, 3.8) is 0 Å². The molecule has 2 aromatic heterocycles. The number of nitrogens with zero attached hydrogens (tertiary/aromatic N) is 3. The van der Waals surface area contributed by atoms with Crippen molar-refractivity contribution in [2.45, 2.75) is 19.8 Å². The molecule has 6 nitrogen and oxygen atoms in total. The molecule has 8 heteroatoms. The highest BCUT2D eigenvalue weighted by Crippen LogP contribution is 2.32. The predicted octanol–water partition coefficient (Wildman–Crippen LogP) is 4.14. The van der Waals surface area contributed by atoms with Crippen LogP contribution in [0.1, 0.15) is 28.9 Å². The molecule has 1 unspecified atom stereocenters. The number of pyridine rings is 1. The lowest BCUT2D eigenvalue weighted by Gasteiger charge is -2.32. The van der Waals surface area contributed by atoms with E-state index in [1.165, 1.54) is 35.6 Å². The number of anilines is 1. The zero-order chi connectivity index (χ0) is 21.1. The van der Waals surface area contributed by atoms with Gasteiger partial charge in [-0.1, -0.05) is 17.4 Å². The fourth-order valence-corrected chi connectivity index (χ4v) is 4.49. The molecule has 4 rings (SSSR count). The zero-order valence-electron chi connectivity index (χ0n) is 16.5. The fraction of sp³-hybridized carbons (Fsp3) is 0.273. The molecule has 1 aliphatic heterocycles. The number of carbonyl (C=O) groups excluding carboxylic acids is 2. The highest BCUT2D eigenvalue weighted by molar-refractivity contribution is 7.19. The Morgan fingerprint density at radius 3 is 2.73 bits per heavy atom. The van der Waals surface area contributed by atoms with Gasteiger partial charge in [-0.05, 0) is 56.2 Å². The molecule has 0 aliphatic carbocycles. The van der Waals surface area contributed by atoms with Crippen molar-refractivity contribution in [3.8, 4) is 10.6 Å². The summed E-state index contributed by atoms with van der Waals surface area (Å²) in [6, 6.07) is 11.2. The van der Waals surface area contributed by atoms with E-state index < -0.39 is 0 Å². The molecule has 1 fully saturated rings. The standard InChI is InChI=1S/C22H21FN4O2S/c1-14-19(18-6-2-3-11-24-18)30-22(25-14)26-20(28)16-5-4-12-27(13-16)21(29)15-7-9-17(23)10-8-15/h2-3,6-11,16H,4-5,12-13H2,1H3,(H,25,26,28). The van der Waals surface area contributed by atoms with Gasteiger partial charge in [0.2, 0.25) is 5.91 Å². The summed E-state index contributed by atoms with van der Waals surface area (Å²) in [4.78, 5) is 36.9.